The lowest BCUT2D eigenvalue weighted by molar-refractivity contribution is -0.149. The highest BCUT2D eigenvalue weighted by Gasteiger charge is 2.54. The van der Waals surface area contributed by atoms with Gasteiger partial charge in [-0.3, -0.25) is 9.59 Å². The van der Waals surface area contributed by atoms with Crippen molar-refractivity contribution in [2.45, 2.75) is 32.1 Å². The number of rotatable bonds is 8. The van der Waals surface area contributed by atoms with Crippen molar-refractivity contribution >= 4 is 18.0 Å². The summed E-state index contributed by atoms with van der Waals surface area (Å²) in [5.41, 5.74) is 4.26. The smallest absolute Gasteiger partial charge is 0.308 e. The minimum absolute atomic E-state index is 0.242. The summed E-state index contributed by atoms with van der Waals surface area (Å²) in [6.45, 7) is 3.93. The highest BCUT2D eigenvalue weighted by atomic mass is 16.4. The van der Waals surface area contributed by atoms with E-state index in [1.165, 1.54) is 0 Å². The van der Waals surface area contributed by atoms with Gasteiger partial charge in [0, 0.05) is 5.41 Å². The Kier molecular flexibility index (Phi) is 6.19. The largest absolute Gasteiger partial charge is 0.481 e. The topological polar surface area (TPSA) is 74.6 Å². The maximum atomic E-state index is 12.9. The molecule has 2 unspecified atom stereocenters. The molecule has 0 heterocycles. The Morgan fingerprint density at radius 1 is 0.727 bits per heavy atom. The lowest BCUT2D eigenvalue weighted by Gasteiger charge is -2.41. The molecule has 0 bridgehead atoms. The van der Waals surface area contributed by atoms with Gasteiger partial charge in [0.05, 0.1) is 11.8 Å². The van der Waals surface area contributed by atoms with Crippen molar-refractivity contribution in [3.8, 4) is 0 Å². The maximum absolute atomic E-state index is 12.9. The van der Waals surface area contributed by atoms with Crippen LogP contribution in [0.15, 0.2) is 78.9 Å². The minimum atomic E-state index is -1.19. The third kappa shape index (κ3) is 4.09. The van der Waals surface area contributed by atoms with Crippen LogP contribution >= 0.6 is 0 Å². The van der Waals surface area contributed by atoms with Crippen LogP contribution in [0.3, 0.4) is 0 Å². The lowest BCUT2D eigenvalue weighted by Crippen LogP contribution is -2.49. The molecule has 0 aliphatic heterocycles. The van der Waals surface area contributed by atoms with Gasteiger partial charge in [0.25, 0.3) is 0 Å². The first-order chi connectivity index (χ1) is 15.8. The molecular weight excluding hydrogens is 412 g/mol. The first-order valence-corrected chi connectivity index (χ1v) is 11.2. The van der Waals surface area contributed by atoms with Gasteiger partial charge >= 0.3 is 11.9 Å². The van der Waals surface area contributed by atoms with Crippen LogP contribution in [0.2, 0.25) is 0 Å². The van der Waals surface area contributed by atoms with Gasteiger partial charge in [0.2, 0.25) is 0 Å². The van der Waals surface area contributed by atoms with E-state index in [-0.39, 0.29) is 12.8 Å². The van der Waals surface area contributed by atoms with Gasteiger partial charge < -0.3 is 10.2 Å². The number of allylic oxidation sites excluding steroid dienone is 1. The van der Waals surface area contributed by atoms with E-state index in [0.29, 0.717) is 0 Å². The molecule has 0 aromatic heterocycles. The van der Waals surface area contributed by atoms with Crippen LogP contribution in [0.5, 0.6) is 0 Å². The van der Waals surface area contributed by atoms with E-state index in [2.05, 4.69) is 0 Å². The van der Waals surface area contributed by atoms with Crippen LogP contribution in [0.25, 0.3) is 6.08 Å². The number of carboxylic acids is 2. The van der Waals surface area contributed by atoms with Crippen LogP contribution < -0.4 is 0 Å². The van der Waals surface area contributed by atoms with E-state index >= 15 is 0 Å². The lowest BCUT2D eigenvalue weighted by atomic mass is 9.59. The first-order valence-electron chi connectivity index (χ1n) is 11.2. The Morgan fingerprint density at radius 3 is 1.64 bits per heavy atom. The van der Waals surface area contributed by atoms with Gasteiger partial charge in [-0.25, -0.2) is 0 Å². The second-order valence-electron chi connectivity index (χ2n) is 8.92. The van der Waals surface area contributed by atoms with Crippen LogP contribution in [-0.4, -0.2) is 22.2 Å². The van der Waals surface area contributed by atoms with Crippen LogP contribution in [0.1, 0.15) is 33.4 Å². The summed E-state index contributed by atoms with van der Waals surface area (Å²) in [7, 11) is 0. The van der Waals surface area contributed by atoms with E-state index < -0.39 is 29.2 Å². The third-order valence-electron chi connectivity index (χ3n) is 6.95. The fourth-order valence-electron chi connectivity index (χ4n) is 5.37. The van der Waals surface area contributed by atoms with E-state index in [0.717, 1.165) is 33.4 Å². The molecule has 3 aromatic rings. The summed E-state index contributed by atoms with van der Waals surface area (Å²) in [6.07, 6.45) is 4.28. The summed E-state index contributed by atoms with van der Waals surface area (Å²) in [4.78, 5) is 25.7. The van der Waals surface area contributed by atoms with Crippen molar-refractivity contribution in [2.75, 3.05) is 0 Å². The Labute approximate surface area is 194 Å². The molecule has 0 spiro atoms. The zero-order valence-corrected chi connectivity index (χ0v) is 18.9. The molecule has 0 radical (unpaired) electrons. The monoisotopic (exact) mass is 440 g/mol. The molecule has 4 nitrogen and oxygen atoms in total. The molecular formula is C29H28O4. The first kappa shape index (κ1) is 22.5. The number of carbonyl (C=O) groups is 2. The molecule has 33 heavy (non-hydrogen) atoms. The number of benzene rings is 3. The highest BCUT2D eigenvalue weighted by molar-refractivity contribution is 5.84. The number of fused-ring (bicyclic) bond motifs is 1. The fourth-order valence-corrected chi connectivity index (χ4v) is 5.37. The zero-order chi connectivity index (χ0) is 23.6. The quantitative estimate of drug-likeness (QED) is 0.488. The predicted molar refractivity (Wildman–Crippen MR) is 129 cm³/mol. The van der Waals surface area contributed by atoms with Crippen LogP contribution in [0.4, 0.5) is 0 Å². The van der Waals surface area contributed by atoms with Gasteiger partial charge in [-0.1, -0.05) is 84.9 Å². The molecule has 0 fully saturated rings. The summed E-state index contributed by atoms with van der Waals surface area (Å²) in [6, 6.07) is 22.9. The minimum Gasteiger partial charge on any atom is -0.481 e. The van der Waals surface area contributed by atoms with Crippen molar-refractivity contribution in [3.63, 3.8) is 0 Å². The average Bonchev–Trinajstić information content (AvgIpc) is 3.21. The summed E-state index contributed by atoms with van der Waals surface area (Å²) in [5, 5.41) is 21.0. The summed E-state index contributed by atoms with van der Waals surface area (Å²) >= 11 is 0. The second kappa shape index (κ2) is 9.07. The number of hydrogen-bond acceptors (Lipinski definition) is 2. The zero-order valence-electron chi connectivity index (χ0n) is 18.9. The van der Waals surface area contributed by atoms with E-state index in [9.17, 15) is 19.8 Å². The fraction of sp³-hybridized carbons (Fsp3) is 0.241. The molecule has 3 aromatic carbocycles. The van der Waals surface area contributed by atoms with Gasteiger partial charge in [-0.2, -0.15) is 0 Å². The van der Waals surface area contributed by atoms with Gasteiger partial charge in [-0.15, -0.1) is 0 Å². The van der Waals surface area contributed by atoms with E-state index in [1.807, 2.05) is 98.8 Å². The molecule has 4 heteroatoms. The molecule has 1 aliphatic rings. The number of aliphatic carboxylic acids is 2. The summed E-state index contributed by atoms with van der Waals surface area (Å²) < 4.78 is 0. The van der Waals surface area contributed by atoms with Crippen LogP contribution in [-0.2, 0) is 27.8 Å². The second-order valence-corrected chi connectivity index (χ2v) is 8.92. The summed E-state index contributed by atoms with van der Waals surface area (Å²) in [5.74, 6) is -3.86. The molecule has 0 amide bonds. The molecule has 168 valence electrons. The standard InChI is InChI=1S/C29H28O4/c1-19-13-14-20(2)26-23(19)15-16-29(26,24(27(30)31)17-21-9-5-3-6-10-21)25(28(32)33)18-22-11-7-4-8-12-22/h3-16,24-25H,17-18H2,1-2H3,(H,30,31)(H,32,33). The number of hydrogen-bond donors (Lipinski definition) is 2. The SMILES string of the molecule is Cc1ccc(C)c2c1C=CC2(C(Cc1ccccc1)C(=O)O)C(Cc1ccccc1)C(=O)O. The number of aryl methyl sites for hydroxylation is 2. The molecule has 2 N–H and O–H groups in total. The van der Waals surface area contributed by atoms with Crippen molar-refractivity contribution in [1.82, 2.24) is 0 Å². The van der Waals surface area contributed by atoms with Gasteiger partial charge in [0.15, 0.2) is 0 Å². The number of carboxylic acid groups (broad SMARTS) is 2. The normalized spacial score (nSPS) is 18.5. The third-order valence-corrected chi connectivity index (χ3v) is 6.95. The Bertz CT molecular complexity index is 1140. The molecule has 1 aliphatic carbocycles. The van der Waals surface area contributed by atoms with Gasteiger partial charge in [0.1, 0.15) is 0 Å². The van der Waals surface area contributed by atoms with Gasteiger partial charge in [-0.05, 0) is 60.1 Å². The van der Waals surface area contributed by atoms with Crippen LogP contribution in [0, 0.1) is 25.7 Å². The van der Waals surface area contributed by atoms with Crippen molar-refractivity contribution in [1.29, 1.82) is 0 Å². The van der Waals surface area contributed by atoms with Crippen molar-refractivity contribution in [3.05, 3.63) is 112 Å². The average molecular weight is 441 g/mol. The Balaban J connectivity index is 1.95. The molecule has 0 saturated heterocycles. The molecule has 2 atom stereocenters. The van der Waals surface area contributed by atoms with Crippen molar-refractivity contribution in [2.24, 2.45) is 11.8 Å². The predicted octanol–water partition coefficient (Wildman–Crippen LogP) is 5.46. The maximum Gasteiger partial charge on any atom is 0.308 e. The van der Waals surface area contributed by atoms with E-state index in [1.54, 1.807) is 0 Å². The Morgan fingerprint density at radius 2 is 1.18 bits per heavy atom. The highest BCUT2D eigenvalue weighted by Crippen LogP contribution is 2.51. The van der Waals surface area contributed by atoms with Crippen molar-refractivity contribution < 1.29 is 19.8 Å². The Hall–Kier alpha value is -3.66. The van der Waals surface area contributed by atoms with E-state index in [4.69, 9.17) is 0 Å². The molecule has 4 rings (SSSR count). The molecule has 0 saturated carbocycles.